The number of aliphatic hydroxyl groups excluding tert-OH is 2. The number of hydrogen-bond donors (Lipinski definition) is 2. The van der Waals surface area contributed by atoms with Crippen LogP contribution in [-0.4, -0.2) is 48.0 Å². The van der Waals surface area contributed by atoms with Crippen molar-refractivity contribution >= 4 is 22.8 Å². The molecule has 2 N–H and O–H groups in total. The zero-order valence-corrected chi connectivity index (χ0v) is 10.2. The predicted molar refractivity (Wildman–Crippen MR) is 61.9 cm³/mol. The van der Waals surface area contributed by atoms with Crippen LogP contribution in [-0.2, 0) is 4.74 Å². The van der Waals surface area contributed by atoms with Crippen molar-refractivity contribution in [1.29, 1.82) is 0 Å². The molecule has 0 amide bonds. The van der Waals surface area contributed by atoms with Crippen molar-refractivity contribution in [2.45, 2.75) is 31.5 Å². The van der Waals surface area contributed by atoms with Crippen LogP contribution < -0.4 is 0 Å². The Morgan fingerprint density at radius 1 is 1.28 bits per heavy atom. The average molecular weight is 271 g/mol. The van der Waals surface area contributed by atoms with Crippen LogP contribution in [0.25, 0.3) is 11.2 Å². The van der Waals surface area contributed by atoms with Crippen molar-refractivity contribution in [3.8, 4) is 0 Å². The first-order valence-corrected chi connectivity index (χ1v) is 5.82. The molecule has 3 heterocycles. The van der Waals surface area contributed by atoms with Crippen LogP contribution in [0.3, 0.4) is 0 Å². The largest absolute Gasteiger partial charge is 0.388 e. The van der Waals surface area contributed by atoms with Crippen molar-refractivity contribution in [3.63, 3.8) is 0 Å². The molecule has 0 aliphatic carbocycles. The van der Waals surface area contributed by atoms with Gasteiger partial charge in [0.25, 0.3) is 0 Å². The van der Waals surface area contributed by atoms with Crippen molar-refractivity contribution in [1.82, 2.24) is 19.5 Å². The van der Waals surface area contributed by atoms with Gasteiger partial charge in [-0.3, -0.25) is 4.57 Å². The predicted octanol–water partition coefficient (Wildman–Crippen LogP) is 0.119. The molecule has 7 nitrogen and oxygen atoms in total. The third kappa shape index (κ3) is 1.59. The van der Waals surface area contributed by atoms with Gasteiger partial charge < -0.3 is 14.9 Å². The van der Waals surface area contributed by atoms with Gasteiger partial charge in [0.05, 0.1) is 12.4 Å². The lowest BCUT2D eigenvalue weighted by atomic mass is 10.1. The smallest absolute Gasteiger partial charge is 0.167 e. The monoisotopic (exact) mass is 270 g/mol. The zero-order chi connectivity index (χ0) is 12.9. The van der Waals surface area contributed by atoms with Crippen LogP contribution in [0.5, 0.6) is 0 Å². The summed E-state index contributed by atoms with van der Waals surface area (Å²) in [5, 5.41) is 19.9. The maximum atomic E-state index is 9.93. The Balaban J connectivity index is 2.08. The van der Waals surface area contributed by atoms with Crippen LogP contribution in [0.4, 0.5) is 0 Å². The van der Waals surface area contributed by atoms with Gasteiger partial charge in [0.2, 0.25) is 0 Å². The SMILES string of the molecule is C[C@H]1OC(n2cnc3c(Cl)ncnc32)[C@H](O)[C@@H]1O. The van der Waals surface area contributed by atoms with Gasteiger partial charge in [-0.05, 0) is 6.92 Å². The van der Waals surface area contributed by atoms with E-state index in [1.807, 2.05) is 0 Å². The van der Waals surface area contributed by atoms with E-state index in [2.05, 4.69) is 15.0 Å². The first-order valence-electron chi connectivity index (χ1n) is 5.44. The molecule has 3 rings (SSSR count). The topological polar surface area (TPSA) is 93.3 Å². The van der Waals surface area contributed by atoms with E-state index in [9.17, 15) is 10.2 Å². The minimum absolute atomic E-state index is 0.236. The average Bonchev–Trinajstić information content (AvgIpc) is 2.88. The van der Waals surface area contributed by atoms with Crippen LogP contribution in [0.15, 0.2) is 12.7 Å². The van der Waals surface area contributed by atoms with Gasteiger partial charge in [0.1, 0.15) is 24.1 Å². The second-order valence-electron chi connectivity index (χ2n) is 4.20. The maximum absolute atomic E-state index is 9.93. The number of ether oxygens (including phenoxy) is 1. The number of halogens is 1. The summed E-state index contributed by atoms with van der Waals surface area (Å²) in [5.74, 6) is 0. The lowest BCUT2D eigenvalue weighted by Crippen LogP contribution is -2.30. The van der Waals surface area contributed by atoms with Crippen LogP contribution in [0, 0.1) is 0 Å². The van der Waals surface area contributed by atoms with Crippen molar-refractivity contribution in [2.75, 3.05) is 0 Å². The highest BCUT2D eigenvalue weighted by Crippen LogP contribution is 2.31. The summed E-state index contributed by atoms with van der Waals surface area (Å²) < 4.78 is 7.04. The molecule has 0 bridgehead atoms. The van der Waals surface area contributed by atoms with Crippen molar-refractivity contribution in [3.05, 3.63) is 17.8 Å². The number of fused-ring (bicyclic) bond motifs is 1. The summed E-state index contributed by atoms with van der Waals surface area (Å²) in [6, 6.07) is 0. The summed E-state index contributed by atoms with van der Waals surface area (Å²) >= 11 is 5.89. The van der Waals surface area contributed by atoms with Gasteiger partial charge in [-0.1, -0.05) is 11.6 Å². The number of rotatable bonds is 1. The Labute approximate surface area is 107 Å². The van der Waals surface area contributed by atoms with E-state index in [-0.39, 0.29) is 5.15 Å². The molecule has 0 saturated carbocycles. The second-order valence-corrected chi connectivity index (χ2v) is 4.56. The first kappa shape index (κ1) is 11.8. The Kier molecular flexibility index (Phi) is 2.70. The molecule has 1 saturated heterocycles. The molecule has 1 unspecified atom stereocenters. The van der Waals surface area contributed by atoms with Crippen LogP contribution >= 0.6 is 11.6 Å². The van der Waals surface area contributed by atoms with Gasteiger partial charge in [0, 0.05) is 0 Å². The Bertz CT molecular complexity index is 590. The number of imidazole rings is 1. The molecule has 1 aliphatic heterocycles. The molecule has 96 valence electrons. The summed E-state index contributed by atoms with van der Waals surface area (Å²) in [4.78, 5) is 12.0. The zero-order valence-electron chi connectivity index (χ0n) is 9.43. The Hall–Kier alpha value is -1.28. The summed E-state index contributed by atoms with van der Waals surface area (Å²) in [7, 11) is 0. The van der Waals surface area contributed by atoms with E-state index in [4.69, 9.17) is 16.3 Å². The number of aliphatic hydroxyl groups is 2. The van der Waals surface area contributed by atoms with Gasteiger partial charge in [-0.15, -0.1) is 0 Å². The fourth-order valence-electron chi connectivity index (χ4n) is 2.07. The second kappa shape index (κ2) is 4.13. The molecule has 2 aromatic heterocycles. The van der Waals surface area contributed by atoms with E-state index in [0.29, 0.717) is 11.2 Å². The molecule has 0 radical (unpaired) electrons. The molecule has 2 aromatic rings. The van der Waals surface area contributed by atoms with E-state index in [1.54, 1.807) is 11.5 Å². The fraction of sp³-hybridized carbons (Fsp3) is 0.500. The van der Waals surface area contributed by atoms with E-state index < -0.39 is 24.5 Å². The molecule has 18 heavy (non-hydrogen) atoms. The van der Waals surface area contributed by atoms with E-state index in [0.717, 1.165) is 0 Å². The van der Waals surface area contributed by atoms with Crippen molar-refractivity contribution < 1.29 is 14.9 Å². The minimum Gasteiger partial charge on any atom is -0.388 e. The van der Waals surface area contributed by atoms with E-state index >= 15 is 0 Å². The number of hydrogen-bond acceptors (Lipinski definition) is 6. The molecule has 1 fully saturated rings. The lowest BCUT2D eigenvalue weighted by Gasteiger charge is -2.16. The fourth-order valence-corrected chi connectivity index (χ4v) is 2.24. The molecule has 4 atom stereocenters. The molecular weight excluding hydrogens is 260 g/mol. The number of aromatic nitrogens is 4. The minimum atomic E-state index is -1.04. The van der Waals surface area contributed by atoms with Crippen LogP contribution in [0.2, 0.25) is 5.15 Å². The first-order chi connectivity index (χ1) is 8.59. The highest BCUT2D eigenvalue weighted by molar-refractivity contribution is 6.33. The van der Waals surface area contributed by atoms with Crippen LogP contribution in [0.1, 0.15) is 13.2 Å². The summed E-state index contributed by atoms with van der Waals surface area (Å²) in [6.45, 7) is 1.69. The maximum Gasteiger partial charge on any atom is 0.167 e. The van der Waals surface area contributed by atoms with Gasteiger partial charge in [-0.25, -0.2) is 15.0 Å². The molecule has 0 aromatic carbocycles. The highest BCUT2D eigenvalue weighted by Gasteiger charge is 2.41. The molecule has 0 spiro atoms. The quantitative estimate of drug-likeness (QED) is 0.715. The normalized spacial score (nSPS) is 32.2. The lowest BCUT2D eigenvalue weighted by molar-refractivity contribution is -0.0299. The van der Waals surface area contributed by atoms with Gasteiger partial charge in [-0.2, -0.15) is 0 Å². The van der Waals surface area contributed by atoms with Crippen molar-refractivity contribution in [2.24, 2.45) is 0 Å². The van der Waals surface area contributed by atoms with E-state index in [1.165, 1.54) is 12.7 Å². The standard InChI is InChI=1S/C10H11ClN4O3/c1-4-6(16)7(17)10(18-4)15-3-14-5-8(11)12-2-13-9(5)15/h2-4,6-7,10,16-17H,1H3/t4-,6-,7-,10?/m1/s1. The third-order valence-electron chi connectivity index (χ3n) is 3.07. The Morgan fingerprint density at radius 3 is 2.72 bits per heavy atom. The number of nitrogens with zero attached hydrogens (tertiary/aromatic N) is 4. The molecule has 1 aliphatic rings. The Morgan fingerprint density at radius 2 is 2.06 bits per heavy atom. The summed E-state index contributed by atoms with van der Waals surface area (Å²) in [6.07, 6.45) is -0.393. The highest BCUT2D eigenvalue weighted by atomic mass is 35.5. The third-order valence-corrected chi connectivity index (χ3v) is 3.34. The van der Waals surface area contributed by atoms with Gasteiger partial charge in [0.15, 0.2) is 17.0 Å². The molecular formula is C10H11ClN4O3. The summed E-state index contributed by atoms with van der Waals surface area (Å²) in [5.41, 5.74) is 0.893. The molecule has 8 heteroatoms. The van der Waals surface area contributed by atoms with Gasteiger partial charge >= 0.3 is 0 Å².